The van der Waals surface area contributed by atoms with Crippen LogP contribution in [-0.2, 0) is 16.4 Å². The number of benzene rings is 2. The molecule has 2 aromatic rings. The summed E-state index contributed by atoms with van der Waals surface area (Å²) in [5.74, 6) is -0.261. The van der Waals surface area contributed by atoms with Gasteiger partial charge in [-0.15, -0.1) is 0 Å². The van der Waals surface area contributed by atoms with Crippen LogP contribution in [0, 0.1) is 5.82 Å². The summed E-state index contributed by atoms with van der Waals surface area (Å²) < 4.78 is 42.0. The van der Waals surface area contributed by atoms with E-state index in [9.17, 15) is 12.8 Å². The first-order valence-electron chi connectivity index (χ1n) is 10.4. The normalized spacial score (nSPS) is 26.8. The molecule has 4 N–H and O–H groups in total. The number of hydrazine groups is 2. The summed E-state index contributed by atoms with van der Waals surface area (Å²) in [6.07, 6.45) is 2.38. The number of nitrogens with zero attached hydrogens (tertiary/aromatic N) is 1. The molecule has 0 spiro atoms. The van der Waals surface area contributed by atoms with Gasteiger partial charge in [-0.2, -0.15) is 0 Å². The van der Waals surface area contributed by atoms with Crippen LogP contribution in [-0.4, -0.2) is 24.8 Å². The van der Waals surface area contributed by atoms with E-state index in [1.54, 1.807) is 36.0 Å². The van der Waals surface area contributed by atoms with E-state index < -0.39 is 10.0 Å². The summed E-state index contributed by atoms with van der Waals surface area (Å²) >= 11 is 1.70. The average molecular weight is 464 g/mol. The van der Waals surface area contributed by atoms with Crippen LogP contribution in [0.5, 0.6) is 0 Å². The van der Waals surface area contributed by atoms with Crippen molar-refractivity contribution in [2.45, 2.75) is 60.5 Å². The molecule has 0 amide bonds. The van der Waals surface area contributed by atoms with Gasteiger partial charge in [-0.25, -0.2) is 33.8 Å². The van der Waals surface area contributed by atoms with Gasteiger partial charge in [0.05, 0.1) is 22.0 Å². The molecule has 31 heavy (non-hydrogen) atoms. The topological polar surface area (TPSA) is 85.5 Å². The van der Waals surface area contributed by atoms with Crippen LogP contribution < -0.4 is 26.0 Å². The molecule has 2 heterocycles. The first-order valence-corrected chi connectivity index (χ1v) is 12.8. The number of hydrogen-bond donors (Lipinski definition) is 4. The quantitative estimate of drug-likeness (QED) is 0.524. The molecule has 3 atom stereocenters. The molecule has 5 rings (SSSR count). The van der Waals surface area contributed by atoms with Crippen molar-refractivity contribution >= 4 is 27.5 Å². The second-order valence-corrected chi connectivity index (χ2v) is 11.8. The number of nitrogens with one attached hydrogen (secondary N) is 4. The zero-order valence-corrected chi connectivity index (χ0v) is 19.0. The Balaban J connectivity index is 1.47. The average Bonchev–Trinajstić information content (AvgIpc) is 3.12. The maximum Gasteiger partial charge on any atom is 0.241 e. The summed E-state index contributed by atoms with van der Waals surface area (Å²) in [5.41, 5.74) is 12.4. The van der Waals surface area contributed by atoms with E-state index in [-0.39, 0.29) is 33.2 Å². The number of fused-ring (bicyclic) bond motifs is 1. The smallest absolute Gasteiger partial charge is 0.241 e. The van der Waals surface area contributed by atoms with Crippen molar-refractivity contribution in [2.75, 3.05) is 5.01 Å². The number of sulfonamides is 1. The van der Waals surface area contributed by atoms with Crippen molar-refractivity contribution in [2.24, 2.45) is 0 Å². The Morgan fingerprint density at radius 2 is 1.94 bits per heavy atom. The van der Waals surface area contributed by atoms with Gasteiger partial charge in [0.25, 0.3) is 0 Å². The molecule has 1 saturated carbocycles. The third kappa shape index (κ3) is 4.33. The van der Waals surface area contributed by atoms with Crippen molar-refractivity contribution in [3.63, 3.8) is 0 Å². The maximum absolute atomic E-state index is 13.3. The van der Waals surface area contributed by atoms with Crippen molar-refractivity contribution in [3.05, 3.63) is 59.4 Å². The molecule has 166 valence electrons. The molecule has 0 radical (unpaired) electrons. The Morgan fingerprint density at radius 1 is 1.19 bits per heavy atom. The van der Waals surface area contributed by atoms with Gasteiger partial charge in [0.15, 0.2) is 5.50 Å². The Labute approximate surface area is 186 Å². The van der Waals surface area contributed by atoms with Crippen LogP contribution in [0.2, 0.25) is 0 Å². The third-order valence-electron chi connectivity index (χ3n) is 5.95. The van der Waals surface area contributed by atoms with Crippen molar-refractivity contribution in [3.8, 4) is 0 Å². The van der Waals surface area contributed by atoms with E-state index in [0.717, 1.165) is 29.7 Å². The molecular weight excluding hydrogens is 437 g/mol. The van der Waals surface area contributed by atoms with E-state index in [4.69, 9.17) is 0 Å². The lowest BCUT2D eigenvalue weighted by atomic mass is 9.99. The summed E-state index contributed by atoms with van der Waals surface area (Å²) in [6.45, 7) is 3.99. The zero-order valence-electron chi connectivity index (χ0n) is 17.4. The molecular formula is C21H26FN5O2S2. The summed E-state index contributed by atoms with van der Waals surface area (Å²) in [7, 11) is -3.60. The molecule has 1 aliphatic carbocycles. The second kappa shape index (κ2) is 7.72. The zero-order chi connectivity index (χ0) is 21.8. The van der Waals surface area contributed by atoms with Crippen LogP contribution in [0.25, 0.3) is 0 Å². The van der Waals surface area contributed by atoms with E-state index in [2.05, 4.69) is 27.9 Å². The highest BCUT2D eigenvalue weighted by atomic mass is 32.2. The van der Waals surface area contributed by atoms with Crippen molar-refractivity contribution < 1.29 is 12.8 Å². The lowest BCUT2D eigenvalue weighted by molar-refractivity contribution is 0.470. The fourth-order valence-electron chi connectivity index (χ4n) is 3.96. The molecule has 0 bridgehead atoms. The van der Waals surface area contributed by atoms with Gasteiger partial charge < -0.3 is 0 Å². The van der Waals surface area contributed by atoms with Gasteiger partial charge in [-0.3, -0.25) is 5.01 Å². The molecule has 2 fully saturated rings. The van der Waals surface area contributed by atoms with Gasteiger partial charge in [0.1, 0.15) is 5.82 Å². The molecule has 0 aromatic heterocycles. The van der Waals surface area contributed by atoms with Gasteiger partial charge in [-0.05, 0) is 68.5 Å². The molecule has 7 nitrogen and oxygen atoms in total. The lowest BCUT2D eigenvalue weighted by Crippen LogP contribution is -2.49. The first-order chi connectivity index (χ1) is 14.7. The Kier molecular flexibility index (Phi) is 5.27. The molecule has 3 unspecified atom stereocenters. The Morgan fingerprint density at radius 3 is 2.58 bits per heavy atom. The fourth-order valence-corrected chi connectivity index (χ4v) is 6.39. The van der Waals surface area contributed by atoms with Crippen LogP contribution in [0.1, 0.15) is 43.9 Å². The molecule has 10 heteroatoms. The van der Waals surface area contributed by atoms with Crippen molar-refractivity contribution in [1.82, 2.24) is 21.0 Å². The van der Waals surface area contributed by atoms with E-state index in [0.29, 0.717) is 6.42 Å². The van der Waals surface area contributed by atoms with E-state index in [1.807, 2.05) is 18.0 Å². The van der Waals surface area contributed by atoms with Crippen LogP contribution in [0.3, 0.4) is 0 Å². The van der Waals surface area contributed by atoms with Gasteiger partial charge in [0.2, 0.25) is 10.0 Å². The molecule has 1 saturated heterocycles. The van der Waals surface area contributed by atoms with E-state index >= 15 is 0 Å². The highest BCUT2D eigenvalue weighted by Crippen LogP contribution is 2.41. The number of thioether (sulfide) groups is 1. The van der Waals surface area contributed by atoms with Gasteiger partial charge in [0, 0.05) is 5.54 Å². The van der Waals surface area contributed by atoms with Crippen LogP contribution in [0.4, 0.5) is 10.1 Å². The molecule has 3 aliphatic rings. The SMILES string of the molecule is CC1NNC(N2NC(Cc3ccc(F)cc3)c3ccc(S(=O)(=O)NC4(C)CC4)cc32)S1. The van der Waals surface area contributed by atoms with E-state index in [1.165, 1.54) is 12.1 Å². The van der Waals surface area contributed by atoms with Crippen LogP contribution >= 0.6 is 11.8 Å². The Bertz CT molecular complexity index is 1090. The molecule has 2 aliphatic heterocycles. The summed E-state index contributed by atoms with van der Waals surface area (Å²) in [6, 6.07) is 11.7. The summed E-state index contributed by atoms with van der Waals surface area (Å²) in [5, 5.41) is 2.21. The Hall–Kier alpha value is -1.69. The van der Waals surface area contributed by atoms with Gasteiger partial charge >= 0.3 is 0 Å². The minimum absolute atomic E-state index is 0.0515. The number of halogens is 1. The third-order valence-corrected chi connectivity index (χ3v) is 8.70. The minimum atomic E-state index is -3.60. The first kappa shape index (κ1) is 21.2. The maximum atomic E-state index is 13.3. The predicted octanol–water partition coefficient (Wildman–Crippen LogP) is 2.74. The fraction of sp³-hybridized carbons (Fsp3) is 0.429. The van der Waals surface area contributed by atoms with Crippen LogP contribution in [0.15, 0.2) is 47.4 Å². The summed E-state index contributed by atoms with van der Waals surface area (Å²) in [4.78, 5) is 0.262. The highest BCUT2D eigenvalue weighted by Gasteiger charge is 2.42. The predicted molar refractivity (Wildman–Crippen MR) is 120 cm³/mol. The van der Waals surface area contributed by atoms with Crippen molar-refractivity contribution in [1.29, 1.82) is 0 Å². The standard InChI is InChI=1S/C21H26FN5O2S2/c1-13-23-24-20(30-13)27-19-12-16(31(28,29)26-21(2)9-10-21)7-8-17(19)18(25-27)11-14-3-5-15(22)6-4-14/h3-8,12-13,18,20,23-26H,9-11H2,1-2H3. The number of hydrogen-bond acceptors (Lipinski definition) is 7. The number of rotatable bonds is 6. The second-order valence-electron chi connectivity index (χ2n) is 8.69. The largest absolute Gasteiger partial charge is 0.279 e. The highest BCUT2D eigenvalue weighted by molar-refractivity contribution is 8.00. The minimum Gasteiger partial charge on any atom is -0.279 e. The monoisotopic (exact) mass is 463 g/mol. The lowest BCUT2D eigenvalue weighted by Gasteiger charge is -2.26. The van der Waals surface area contributed by atoms with Gasteiger partial charge in [-0.1, -0.05) is 30.0 Å². The number of anilines is 1. The molecule has 2 aromatic carbocycles.